The summed E-state index contributed by atoms with van der Waals surface area (Å²) in [6.07, 6.45) is 5.45. The Morgan fingerprint density at radius 1 is 0.830 bits per heavy atom. The molecule has 3 atom stereocenters. The molecule has 1 aromatic carbocycles. The van der Waals surface area contributed by atoms with Crippen molar-refractivity contribution in [1.29, 1.82) is 0 Å². The lowest BCUT2D eigenvalue weighted by molar-refractivity contribution is -0.135. The summed E-state index contributed by atoms with van der Waals surface area (Å²) < 4.78 is 15.7. The van der Waals surface area contributed by atoms with Crippen LogP contribution in [0.5, 0.6) is 5.75 Å². The molecule has 0 radical (unpaired) electrons. The lowest BCUT2D eigenvalue weighted by Gasteiger charge is -2.27. The first kappa shape index (κ1) is 39.2. The molecule has 262 valence electrons. The molecular formula is C30H47N6O10P. The van der Waals surface area contributed by atoms with Gasteiger partial charge in [0.2, 0.25) is 35.4 Å². The van der Waals surface area contributed by atoms with E-state index in [0.717, 1.165) is 38.5 Å². The molecule has 0 bridgehead atoms. The molecule has 1 heterocycles. The first-order valence-electron chi connectivity index (χ1n) is 15.7. The minimum Gasteiger partial charge on any atom is -0.404 e. The van der Waals surface area contributed by atoms with Gasteiger partial charge in [0.1, 0.15) is 23.9 Å². The number of phosphoric acid groups is 1. The predicted molar refractivity (Wildman–Crippen MR) is 170 cm³/mol. The summed E-state index contributed by atoms with van der Waals surface area (Å²) in [4.78, 5) is 94.7. The Bertz CT molecular complexity index is 1290. The third kappa shape index (κ3) is 15.9. The van der Waals surface area contributed by atoms with Crippen molar-refractivity contribution in [2.45, 2.75) is 96.2 Å². The van der Waals surface area contributed by atoms with Crippen molar-refractivity contribution < 1.29 is 47.6 Å². The van der Waals surface area contributed by atoms with Gasteiger partial charge >= 0.3 is 7.82 Å². The van der Waals surface area contributed by atoms with E-state index in [0.29, 0.717) is 18.5 Å². The van der Waals surface area contributed by atoms with Crippen molar-refractivity contribution in [2.24, 2.45) is 11.7 Å². The average Bonchev–Trinajstić information content (AvgIpc) is 2.98. The lowest BCUT2D eigenvalue weighted by atomic mass is 10.00. The summed E-state index contributed by atoms with van der Waals surface area (Å²) in [6, 6.07) is 1.82. The van der Waals surface area contributed by atoms with Crippen molar-refractivity contribution in [1.82, 2.24) is 26.6 Å². The highest BCUT2D eigenvalue weighted by Gasteiger charge is 2.32. The van der Waals surface area contributed by atoms with Crippen LogP contribution < -0.4 is 36.8 Å². The van der Waals surface area contributed by atoms with Gasteiger partial charge in [0, 0.05) is 19.4 Å². The van der Waals surface area contributed by atoms with Crippen LogP contribution in [-0.4, -0.2) is 76.4 Å². The maximum atomic E-state index is 13.6. The second-order valence-electron chi connectivity index (χ2n) is 11.8. The van der Waals surface area contributed by atoms with Gasteiger partial charge in [0.25, 0.3) is 0 Å². The monoisotopic (exact) mass is 682 g/mol. The molecular weight excluding hydrogens is 635 g/mol. The van der Waals surface area contributed by atoms with Gasteiger partial charge in [-0.1, -0.05) is 58.1 Å². The smallest absolute Gasteiger partial charge is 0.404 e. The number of nitrogens with two attached hydrogens (primary N) is 1. The van der Waals surface area contributed by atoms with Crippen molar-refractivity contribution in [3.05, 3.63) is 29.8 Å². The molecule has 6 amide bonds. The van der Waals surface area contributed by atoms with Gasteiger partial charge in [-0.25, -0.2) is 4.57 Å². The molecule has 0 unspecified atom stereocenters. The SMILES string of the molecule is CC(C)[C@@H]1NC(=O)[C@H](Cc2ccc(OP(=O)(O)O)cc2)NC(=O)CCCCCCCCCNC(=O)CNC(=O)[C@H](CC(N)=O)NC1=O. The van der Waals surface area contributed by atoms with Crippen molar-refractivity contribution in [2.75, 3.05) is 13.1 Å². The summed E-state index contributed by atoms with van der Waals surface area (Å²) in [5, 5.41) is 12.9. The summed E-state index contributed by atoms with van der Waals surface area (Å²) in [5.41, 5.74) is 5.83. The minimum absolute atomic E-state index is 0.0328. The second kappa shape index (κ2) is 19.6. The Labute approximate surface area is 273 Å². The Morgan fingerprint density at radius 3 is 2.04 bits per heavy atom. The van der Waals surface area contributed by atoms with Crippen molar-refractivity contribution >= 4 is 43.3 Å². The summed E-state index contributed by atoms with van der Waals surface area (Å²) >= 11 is 0. The lowest BCUT2D eigenvalue weighted by Crippen LogP contribution is -2.59. The standard InChI is InChI=1S/C30H47N6O10P/c1-19(2)27-30(42)35-23(17-24(31)37)28(40)33-18-26(39)32-15-9-7-5-3-4-6-8-10-25(38)34-22(29(41)36-27)16-20-11-13-21(14-12-20)46-47(43,44)45/h11-14,19,22-23,27H,3-10,15-18H2,1-2H3,(H2,31,37)(H,32,39)(H,33,40)(H,34,38)(H,35,42)(H,36,41)(H2,43,44,45)/t22-,23-,27-/m0/s1. The van der Waals surface area contributed by atoms with Crippen molar-refractivity contribution in [3.63, 3.8) is 0 Å². The molecule has 0 saturated carbocycles. The van der Waals surface area contributed by atoms with Gasteiger partial charge in [-0.3, -0.25) is 38.6 Å². The number of nitrogens with one attached hydrogen (secondary N) is 5. The summed E-state index contributed by atoms with van der Waals surface area (Å²) in [5.74, 6) is -4.58. The van der Waals surface area contributed by atoms with Crippen LogP contribution in [0.4, 0.5) is 0 Å². The van der Waals surface area contributed by atoms with Crippen LogP contribution in [0.2, 0.25) is 0 Å². The average molecular weight is 683 g/mol. The number of amides is 6. The van der Waals surface area contributed by atoms with E-state index in [9.17, 15) is 33.3 Å². The number of hydrogen-bond donors (Lipinski definition) is 8. The molecule has 1 saturated heterocycles. The van der Waals surface area contributed by atoms with E-state index < -0.39 is 67.8 Å². The highest BCUT2D eigenvalue weighted by Crippen LogP contribution is 2.37. The van der Waals surface area contributed by atoms with E-state index in [-0.39, 0.29) is 31.0 Å². The van der Waals surface area contributed by atoms with E-state index in [1.165, 1.54) is 24.3 Å². The Morgan fingerprint density at radius 2 is 1.45 bits per heavy atom. The number of primary amides is 1. The van der Waals surface area contributed by atoms with Crippen LogP contribution in [0.25, 0.3) is 0 Å². The first-order valence-corrected chi connectivity index (χ1v) is 17.2. The zero-order valence-electron chi connectivity index (χ0n) is 26.8. The Balaban J connectivity index is 2.30. The number of carbonyl (C=O) groups is 6. The normalized spacial score (nSPS) is 22.2. The zero-order chi connectivity index (χ0) is 35.0. The third-order valence-electron chi connectivity index (χ3n) is 7.35. The van der Waals surface area contributed by atoms with Gasteiger partial charge in [0.15, 0.2) is 0 Å². The van der Waals surface area contributed by atoms with Crippen LogP contribution in [-0.2, 0) is 39.8 Å². The van der Waals surface area contributed by atoms with Crippen LogP contribution >= 0.6 is 7.82 Å². The maximum Gasteiger partial charge on any atom is 0.524 e. The van der Waals surface area contributed by atoms with E-state index >= 15 is 0 Å². The molecule has 0 spiro atoms. The van der Waals surface area contributed by atoms with E-state index in [1.807, 2.05) is 0 Å². The van der Waals surface area contributed by atoms with Gasteiger partial charge in [0.05, 0.1) is 13.0 Å². The van der Waals surface area contributed by atoms with E-state index in [1.54, 1.807) is 13.8 Å². The Kier molecular flexibility index (Phi) is 16.3. The Hall–Kier alpha value is -4.01. The number of carbonyl (C=O) groups excluding carboxylic acids is 6. The van der Waals surface area contributed by atoms with Crippen LogP contribution in [0, 0.1) is 5.92 Å². The molecule has 16 nitrogen and oxygen atoms in total. The molecule has 1 aliphatic heterocycles. The molecule has 0 aliphatic carbocycles. The van der Waals surface area contributed by atoms with Crippen LogP contribution in [0.3, 0.4) is 0 Å². The second-order valence-corrected chi connectivity index (χ2v) is 13.0. The topological polar surface area (TPSA) is 255 Å². The summed E-state index contributed by atoms with van der Waals surface area (Å²) in [6.45, 7) is 3.36. The third-order valence-corrected chi connectivity index (χ3v) is 7.80. The predicted octanol–water partition coefficient (Wildman–Crippen LogP) is 0.0532. The fraction of sp³-hybridized carbons (Fsp3) is 0.600. The highest BCUT2D eigenvalue weighted by atomic mass is 31.2. The summed E-state index contributed by atoms with van der Waals surface area (Å²) in [7, 11) is -4.78. The fourth-order valence-corrected chi connectivity index (χ4v) is 5.27. The van der Waals surface area contributed by atoms with E-state index in [4.69, 9.17) is 15.5 Å². The van der Waals surface area contributed by atoms with Gasteiger partial charge < -0.3 is 36.8 Å². The number of phosphoric ester groups is 1. The van der Waals surface area contributed by atoms with Crippen molar-refractivity contribution in [3.8, 4) is 5.75 Å². The fourth-order valence-electron chi connectivity index (χ4n) is 4.87. The number of hydrogen-bond acceptors (Lipinski definition) is 8. The number of rotatable bonds is 7. The largest absolute Gasteiger partial charge is 0.524 e. The molecule has 47 heavy (non-hydrogen) atoms. The molecule has 1 aliphatic rings. The number of benzene rings is 1. The first-order chi connectivity index (χ1) is 22.1. The van der Waals surface area contributed by atoms with Gasteiger partial charge in [-0.2, -0.15) is 0 Å². The quantitative estimate of drug-likeness (QED) is 0.179. The molecule has 1 aromatic rings. The molecule has 0 aromatic heterocycles. The van der Waals surface area contributed by atoms with Crippen LogP contribution in [0.1, 0.15) is 77.2 Å². The van der Waals surface area contributed by atoms with Crippen LogP contribution in [0.15, 0.2) is 24.3 Å². The maximum absolute atomic E-state index is 13.6. The molecule has 9 N–H and O–H groups in total. The molecule has 2 rings (SSSR count). The zero-order valence-corrected chi connectivity index (χ0v) is 27.7. The van der Waals surface area contributed by atoms with Gasteiger partial charge in [-0.15, -0.1) is 0 Å². The van der Waals surface area contributed by atoms with Gasteiger partial charge in [-0.05, 0) is 36.5 Å². The molecule has 1 fully saturated rings. The molecule has 17 heteroatoms. The van der Waals surface area contributed by atoms with E-state index in [2.05, 4.69) is 31.1 Å². The highest BCUT2D eigenvalue weighted by molar-refractivity contribution is 7.46. The minimum atomic E-state index is -4.78.